The molecule has 2 aromatic rings. The monoisotopic (exact) mass is 358 g/mol. The number of carbonyl (C=O) groups is 1. The molecule has 2 aromatic carbocycles. The van der Waals surface area contributed by atoms with Crippen LogP contribution in [0, 0.1) is 0 Å². The number of nitrogens with zero attached hydrogens (tertiary/aromatic N) is 1. The first-order chi connectivity index (χ1) is 10.7. The Hall–Kier alpha value is -2.40. The summed E-state index contributed by atoms with van der Waals surface area (Å²) in [6.07, 6.45) is 3.44. The van der Waals surface area contributed by atoms with Crippen molar-refractivity contribution in [3.05, 3.63) is 70.2 Å². The van der Waals surface area contributed by atoms with Crippen molar-refractivity contribution in [3.63, 3.8) is 0 Å². The molecule has 112 valence electrons. The van der Waals surface area contributed by atoms with Gasteiger partial charge in [-0.25, -0.2) is 5.43 Å². The van der Waals surface area contributed by atoms with Crippen LogP contribution in [-0.4, -0.2) is 19.2 Å². The van der Waals surface area contributed by atoms with Gasteiger partial charge in [0.25, 0.3) is 5.91 Å². The first kappa shape index (κ1) is 16.0. The summed E-state index contributed by atoms with van der Waals surface area (Å²) in [5.41, 5.74) is 4.00. The summed E-state index contributed by atoms with van der Waals surface area (Å²) in [7, 11) is 1.56. The first-order valence-electron chi connectivity index (χ1n) is 6.59. The highest BCUT2D eigenvalue weighted by Crippen LogP contribution is 2.12. The van der Waals surface area contributed by atoms with E-state index >= 15 is 0 Å². The Morgan fingerprint density at radius 3 is 2.68 bits per heavy atom. The number of ether oxygens (including phenoxy) is 1. The predicted molar refractivity (Wildman–Crippen MR) is 92.3 cm³/mol. The topological polar surface area (TPSA) is 50.7 Å². The molecule has 22 heavy (non-hydrogen) atoms. The number of hydrogen-bond acceptors (Lipinski definition) is 3. The Balaban J connectivity index is 1.96. The van der Waals surface area contributed by atoms with Crippen molar-refractivity contribution in [2.75, 3.05) is 7.11 Å². The summed E-state index contributed by atoms with van der Waals surface area (Å²) in [4.78, 5) is 11.9. The molecular formula is C17H15BrN2O2. The van der Waals surface area contributed by atoms with E-state index in [1.807, 2.05) is 36.4 Å². The van der Waals surface area contributed by atoms with Crippen molar-refractivity contribution in [3.8, 4) is 5.75 Å². The number of carbonyl (C=O) groups excluding carboxylic acids is 1. The number of benzene rings is 2. The average Bonchev–Trinajstić information content (AvgIpc) is 2.55. The quantitative estimate of drug-likeness (QED) is 0.651. The van der Waals surface area contributed by atoms with E-state index in [4.69, 9.17) is 4.74 Å². The molecule has 0 aliphatic rings. The van der Waals surface area contributed by atoms with E-state index in [1.54, 1.807) is 31.4 Å². The Labute approximate surface area is 137 Å². The number of hydrogen-bond donors (Lipinski definition) is 1. The minimum atomic E-state index is -0.296. The first-order valence-corrected chi connectivity index (χ1v) is 7.38. The molecule has 0 atom stereocenters. The van der Waals surface area contributed by atoms with Gasteiger partial charge in [-0.3, -0.25) is 4.79 Å². The minimum Gasteiger partial charge on any atom is -0.497 e. The van der Waals surface area contributed by atoms with Crippen LogP contribution < -0.4 is 10.2 Å². The van der Waals surface area contributed by atoms with Crippen LogP contribution in [-0.2, 0) is 0 Å². The fourth-order valence-corrected chi connectivity index (χ4v) is 2.09. The number of amides is 1. The molecule has 0 aromatic heterocycles. The van der Waals surface area contributed by atoms with E-state index in [0.717, 1.165) is 10.0 Å². The van der Waals surface area contributed by atoms with E-state index in [2.05, 4.69) is 26.5 Å². The van der Waals surface area contributed by atoms with E-state index in [9.17, 15) is 4.79 Å². The lowest BCUT2D eigenvalue weighted by atomic mass is 10.2. The number of nitrogens with one attached hydrogen (secondary N) is 1. The maximum absolute atomic E-state index is 11.9. The second kappa shape index (κ2) is 8.14. The summed E-state index contributed by atoms with van der Waals surface area (Å²) in [5.74, 6) is 0.331. The number of methoxy groups -OCH3 is 1. The van der Waals surface area contributed by atoms with E-state index < -0.39 is 0 Å². The highest BCUT2D eigenvalue weighted by Gasteiger charge is 2.04. The van der Waals surface area contributed by atoms with Crippen molar-refractivity contribution in [1.82, 2.24) is 5.43 Å². The van der Waals surface area contributed by atoms with Gasteiger partial charge in [0.2, 0.25) is 0 Å². The van der Waals surface area contributed by atoms with Gasteiger partial charge < -0.3 is 4.74 Å². The molecule has 0 saturated carbocycles. The van der Waals surface area contributed by atoms with Crippen LogP contribution >= 0.6 is 15.9 Å². The molecule has 0 saturated heterocycles. The molecule has 1 N–H and O–H groups in total. The number of hydrazone groups is 1. The van der Waals surface area contributed by atoms with Crippen molar-refractivity contribution < 1.29 is 9.53 Å². The summed E-state index contributed by atoms with van der Waals surface area (Å²) < 4.78 is 5.83. The Bertz CT molecular complexity index is 697. The van der Waals surface area contributed by atoms with Gasteiger partial charge in [-0.1, -0.05) is 36.4 Å². The molecule has 1 amide bonds. The molecular weight excluding hydrogens is 344 g/mol. The van der Waals surface area contributed by atoms with Crippen LogP contribution in [0.3, 0.4) is 0 Å². The van der Waals surface area contributed by atoms with Gasteiger partial charge in [-0.2, -0.15) is 5.10 Å². The Morgan fingerprint density at radius 2 is 1.95 bits per heavy atom. The Morgan fingerprint density at radius 1 is 1.18 bits per heavy atom. The minimum absolute atomic E-state index is 0.296. The lowest BCUT2D eigenvalue weighted by molar-refractivity contribution is 0.0955. The standard InChI is InChI=1S/C17H15BrN2O2/c1-22-16-9-5-8-14(11-16)17(21)20-19-12-15(18)10-13-6-3-2-4-7-13/h2-12H,1H3,(H,20,21)/b15-10?,19-12+. The summed E-state index contributed by atoms with van der Waals surface area (Å²) in [5, 5.41) is 3.92. The van der Waals surface area contributed by atoms with Gasteiger partial charge in [0, 0.05) is 10.0 Å². The molecule has 5 heteroatoms. The van der Waals surface area contributed by atoms with Crippen LogP contribution in [0.2, 0.25) is 0 Å². The molecule has 0 radical (unpaired) electrons. The fourth-order valence-electron chi connectivity index (χ4n) is 1.73. The van der Waals surface area contributed by atoms with Gasteiger partial charge in [0.05, 0.1) is 13.3 Å². The third-order valence-electron chi connectivity index (χ3n) is 2.79. The number of rotatable bonds is 5. The maximum Gasteiger partial charge on any atom is 0.271 e. The third kappa shape index (κ3) is 4.86. The van der Waals surface area contributed by atoms with Crippen molar-refractivity contribution >= 4 is 34.1 Å². The van der Waals surface area contributed by atoms with E-state index in [-0.39, 0.29) is 5.91 Å². The van der Waals surface area contributed by atoms with Crippen molar-refractivity contribution in [2.45, 2.75) is 0 Å². The largest absolute Gasteiger partial charge is 0.497 e. The number of halogens is 1. The summed E-state index contributed by atoms with van der Waals surface area (Å²) in [6, 6.07) is 16.7. The predicted octanol–water partition coefficient (Wildman–Crippen LogP) is 3.85. The molecule has 0 heterocycles. The lowest BCUT2D eigenvalue weighted by Gasteiger charge is -2.02. The normalized spacial score (nSPS) is 11.5. The third-order valence-corrected chi connectivity index (χ3v) is 3.22. The van der Waals surface area contributed by atoms with E-state index in [1.165, 1.54) is 6.21 Å². The molecule has 0 aliphatic heterocycles. The second-order valence-corrected chi connectivity index (χ2v) is 5.29. The second-order valence-electron chi connectivity index (χ2n) is 4.37. The molecule has 0 fully saturated rings. The smallest absolute Gasteiger partial charge is 0.271 e. The van der Waals surface area contributed by atoms with E-state index in [0.29, 0.717) is 11.3 Å². The van der Waals surface area contributed by atoms with Crippen molar-refractivity contribution in [2.24, 2.45) is 5.10 Å². The van der Waals surface area contributed by atoms with Gasteiger partial charge in [-0.15, -0.1) is 0 Å². The van der Waals surface area contributed by atoms with Crippen LogP contribution in [0.15, 0.2) is 64.2 Å². The van der Waals surface area contributed by atoms with Crippen LogP contribution in [0.5, 0.6) is 5.75 Å². The SMILES string of the molecule is COc1cccc(C(=O)N/N=C/C(Br)=Cc2ccccc2)c1. The van der Waals surface area contributed by atoms with Gasteiger partial charge in [0.15, 0.2) is 0 Å². The zero-order chi connectivity index (χ0) is 15.8. The maximum atomic E-state index is 11.9. The van der Waals surface area contributed by atoms with Crippen LogP contribution in [0.1, 0.15) is 15.9 Å². The lowest BCUT2D eigenvalue weighted by Crippen LogP contribution is -2.17. The molecule has 0 unspecified atom stereocenters. The molecule has 4 nitrogen and oxygen atoms in total. The highest BCUT2D eigenvalue weighted by molar-refractivity contribution is 9.12. The average molecular weight is 359 g/mol. The van der Waals surface area contributed by atoms with Gasteiger partial charge in [-0.05, 0) is 45.8 Å². The zero-order valence-corrected chi connectivity index (χ0v) is 13.6. The Kier molecular flexibility index (Phi) is 5.91. The fraction of sp³-hybridized carbons (Fsp3) is 0.0588. The summed E-state index contributed by atoms with van der Waals surface area (Å²) in [6.45, 7) is 0. The molecule has 0 bridgehead atoms. The molecule has 0 spiro atoms. The van der Waals surface area contributed by atoms with Crippen LogP contribution in [0.25, 0.3) is 6.08 Å². The molecule has 2 rings (SSSR count). The molecule has 0 aliphatic carbocycles. The van der Waals surface area contributed by atoms with Gasteiger partial charge in [0.1, 0.15) is 5.75 Å². The van der Waals surface area contributed by atoms with Crippen LogP contribution in [0.4, 0.5) is 0 Å². The number of allylic oxidation sites excluding steroid dienone is 1. The van der Waals surface area contributed by atoms with Gasteiger partial charge >= 0.3 is 0 Å². The zero-order valence-electron chi connectivity index (χ0n) is 12.0. The highest BCUT2D eigenvalue weighted by atomic mass is 79.9. The summed E-state index contributed by atoms with van der Waals surface area (Å²) >= 11 is 3.38. The van der Waals surface area contributed by atoms with Crippen molar-refractivity contribution in [1.29, 1.82) is 0 Å².